The number of piperidine rings is 1. The fraction of sp³-hybridized carbons (Fsp3) is 0.692. The summed E-state index contributed by atoms with van der Waals surface area (Å²) in [7, 11) is 0. The topological polar surface area (TPSA) is 106 Å². The van der Waals surface area contributed by atoms with Gasteiger partial charge in [-0.05, 0) is 52.0 Å². The second-order valence-electron chi connectivity index (χ2n) is 10.6. The van der Waals surface area contributed by atoms with Crippen molar-refractivity contribution in [2.75, 3.05) is 58.2 Å². The number of rotatable bonds is 8. The zero-order valence-electron chi connectivity index (χ0n) is 22.0. The van der Waals surface area contributed by atoms with Crippen LogP contribution in [-0.4, -0.2) is 86.0 Å². The third-order valence-corrected chi connectivity index (χ3v) is 6.63. The molecule has 0 bridgehead atoms. The van der Waals surface area contributed by atoms with E-state index in [1.165, 1.54) is 0 Å². The number of ether oxygens (including phenoxy) is 3. The number of nitrogens with two attached hydrogens (primary N) is 1. The number of amides is 2. The van der Waals surface area contributed by atoms with Crippen molar-refractivity contribution >= 4 is 29.3 Å². The summed E-state index contributed by atoms with van der Waals surface area (Å²) in [5, 5.41) is 3.29. The molecule has 2 aliphatic heterocycles. The second-order valence-corrected chi connectivity index (χ2v) is 11.0. The van der Waals surface area contributed by atoms with Gasteiger partial charge in [-0.3, -0.25) is 9.69 Å². The highest BCUT2D eigenvalue weighted by molar-refractivity contribution is 6.33. The molecule has 3 N–H and O–H groups in total. The van der Waals surface area contributed by atoms with Gasteiger partial charge in [-0.2, -0.15) is 0 Å². The maximum Gasteiger partial charge on any atom is 0.410 e. The van der Waals surface area contributed by atoms with Gasteiger partial charge in [0.2, 0.25) is 0 Å². The molecule has 0 aromatic heterocycles. The molecule has 2 fully saturated rings. The van der Waals surface area contributed by atoms with E-state index in [0.29, 0.717) is 47.7 Å². The van der Waals surface area contributed by atoms with Crippen LogP contribution in [0.5, 0.6) is 5.75 Å². The van der Waals surface area contributed by atoms with E-state index >= 15 is 0 Å². The molecule has 1 atom stereocenters. The molecular weight excluding hydrogens is 484 g/mol. The smallest absolute Gasteiger partial charge is 0.410 e. The largest absolute Gasteiger partial charge is 0.493 e. The van der Waals surface area contributed by atoms with Crippen molar-refractivity contribution in [3.8, 4) is 5.75 Å². The molecule has 1 unspecified atom stereocenters. The highest BCUT2D eigenvalue weighted by atomic mass is 35.5. The van der Waals surface area contributed by atoms with Crippen LogP contribution in [0.2, 0.25) is 5.02 Å². The highest BCUT2D eigenvalue weighted by Crippen LogP contribution is 2.29. The number of nitrogens with zero attached hydrogens (tertiary/aromatic N) is 2. The molecule has 36 heavy (non-hydrogen) atoms. The van der Waals surface area contributed by atoms with Crippen LogP contribution in [0.15, 0.2) is 12.1 Å². The van der Waals surface area contributed by atoms with Crippen LogP contribution in [0.25, 0.3) is 0 Å². The van der Waals surface area contributed by atoms with Gasteiger partial charge in [0, 0.05) is 45.3 Å². The normalized spacial score (nSPS) is 19.7. The number of hydrogen-bond acceptors (Lipinski definition) is 7. The monoisotopic (exact) mass is 524 g/mol. The molecule has 2 heterocycles. The lowest BCUT2D eigenvalue weighted by molar-refractivity contribution is -0.0342. The Morgan fingerprint density at radius 2 is 1.94 bits per heavy atom. The molecule has 0 saturated carbocycles. The van der Waals surface area contributed by atoms with Gasteiger partial charge in [-0.1, -0.05) is 18.5 Å². The summed E-state index contributed by atoms with van der Waals surface area (Å²) in [5.74, 6) is 0.686. The number of benzene rings is 1. The Kier molecular flexibility index (Phi) is 10.1. The molecule has 10 heteroatoms. The molecular formula is C26H41ClN4O5. The van der Waals surface area contributed by atoms with Gasteiger partial charge in [0.25, 0.3) is 5.91 Å². The van der Waals surface area contributed by atoms with Crippen LogP contribution >= 0.6 is 11.6 Å². The number of halogens is 1. The summed E-state index contributed by atoms with van der Waals surface area (Å²) < 4.78 is 17.1. The standard InChI is InChI=1S/C26H41ClN4O5/c1-5-11-35-23-14-22(28)21(27)13-20(23)24(32)29-15-19-17-30(10-12-34-19)16-18-6-8-31(9-7-18)25(33)36-26(2,3)4/h13-14,18-19H,5-12,15-17,28H2,1-4H3,(H,29,32). The average molecular weight is 525 g/mol. The lowest BCUT2D eigenvalue weighted by atomic mass is 9.96. The zero-order valence-corrected chi connectivity index (χ0v) is 22.7. The number of morpholine rings is 1. The Bertz CT molecular complexity index is 899. The van der Waals surface area contributed by atoms with Crippen molar-refractivity contribution in [1.82, 2.24) is 15.1 Å². The van der Waals surface area contributed by atoms with Crippen molar-refractivity contribution in [3.63, 3.8) is 0 Å². The van der Waals surface area contributed by atoms with E-state index in [-0.39, 0.29) is 18.1 Å². The van der Waals surface area contributed by atoms with Crippen LogP contribution in [0.3, 0.4) is 0 Å². The first kappa shape index (κ1) is 28.3. The van der Waals surface area contributed by atoms with Crippen molar-refractivity contribution in [2.45, 2.75) is 58.7 Å². The van der Waals surface area contributed by atoms with Crippen molar-refractivity contribution in [1.29, 1.82) is 0 Å². The van der Waals surface area contributed by atoms with Crippen LogP contribution in [0, 0.1) is 5.92 Å². The summed E-state index contributed by atoms with van der Waals surface area (Å²) >= 11 is 6.16. The second kappa shape index (κ2) is 12.8. The molecule has 2 amide bonds. The lowest BCUT2D eigenvalue weighted by Crippen LogP contribution is -2.50. The third kappa shape index (κ3) is 8.42. The minimum absolute atomic E-state index is 0.103. The Hall–Kier alpha value is -2.23. The van der Waals surface area contributed by atoms with Crippen molar-refractivity contribution in [3.05, 3.63) is 22.7 Å². The Morgan fingerprint density at radius 3 is 2.61 bits per heavy atom. The van der Waals surface area contributed by atoms with Gasteiger partial charge in [0.1, 0.15) is 11.4 Å². The first-order valence-electron chi connectivity index (χ1n) is 12.9. The predicted octanol–water partition coefficient (Wildman–Crippen LogP) is 3.79. The Balaban J connectivity index is 1.46. The van der Waals surface area contributed by atoms with Crippen LogP contribution in [-0.2, 0) is 9.47 Å². The quantitative estimate of drug-likeness (QED) is 0.498. The first-order valence-corrected chi connectivity index (χ1v) is 13.3. The summed E-state index contributed by atoms with van der Waals surface area (Å²) in [5.41, 5.74) is 6.17. The maximum atomic E-state index is 12.9. The maximum absolute atomic E-state index is 12.9. The van der Waals surface area contributed by atoms with Crippen LogP contribution in [0.1, 0.15) is 57.3 Å². The van der Waals surface area contributed by atoms with Gasteiger partial charge in [0.05, 0.1) is 35.6 Å². The van der Waals surface area contributed by atoms with E-state index in [2.05, 4.69) is 10.2 Å². The van der Waals surface area contributed by atoms with E-state index in [1.807, 2.05) is 27.7 Å². The number of hydrogen-bond donors (Lipinski definition) is 2. The van der Waals surface area contributed by atoms with Crippen LogP contribution in [0.4, 0.5) is 10.5 Å². The molecule has 0 radical (unpaired) electrons. The van der Waals surface area contributed by atoms with E-state index in [4.69, 9.17) is 31.5 Å². The number of nitrogen functional groups attached to an aromatic ring is 1. The predicted molar refractivity (Wildman–Crippen MR) is 141 cm³/mol. The Labute approximate surface area is 219 Å². The summed E-state index contributed by atoms with van der Waals surface area (Å²) in [6, 6.07) is 3.15. The van der Waals surface area contributed by atoms with E-state index in [9.17, 15) is 9.59 Å². The van der Waals surface area contributed by atoms with Gasteiger partial charge >= 0.3 is 6.09 Å². The number of anilines is 1. The van der Waals surface area contributed by atoms with E-state index in [1.54, 1.807) is 17.0 Å². The Morgan fingerprint density at radius 1 is 1.22 bits per heavy atom. The number of nitrogens with one attached hydrogen (secondary N) is 1. The summed E-state index contributed by atoms with van der Waals surface area (Å²) in [4.78, 5) is 29.4. The number of likely N-dealkylation sites (tertiary alicyclic amines) is 1. The number of carbonyl (C=O) groups excluding carboxylic acids is 2. The fourth-order valence-electron chi connectivity index (χ4n) is 4.44. The summed E-state index contributed by atoms with van der Waals surface area (Å²) in [6.07, 6.45) is 2.39. The van der Waals surface area contributed by atoms with Crippen molar-refractivity contribution in [2.24, 2.45) is 5.92 Å². The van der Waals surface area contributed by atoms with E-state index in [0.717, 1.165) is 52.0 Å². The molecule has 0 spiro atoms. The van der Waals surface area contributed by atoms with Crippen molar-refractivity contribution < 1.29 is 23.8 Å². The van der Waals surface area contributed by atoms with E-state index < -0.39 is 5.60 Å². The fourth-order valence-corrected chi connectivity index (χ4v) is 4.60. The molecule has 2 aliphatic rings. The molecule has 0 aliphatic carbocycles. The zero-order chi connectivity index (χ0) is 26.3. The molecule has 202 valence electrons. The van der Waals surface area contributed by atoms with Gasteiger partial charge < -0.3 is 30.2 Å². The minimum atomic E-state index is -0.476. The molecule has 1 aromatic rings. The first-order chi connectivity index (χ1) is 17.1. The molecule has 3 rings (SSSR count). The number of carbonyl (C=O) groups is 2. The third-order valence-electron chi connectivity index (χ3n) is 6.30. The molecule has 1 aromatic carbocycles. The highest BCUT2D eigenvalue weighted by Gasteiger charge is 2.29. The lowest BCUT2D eigenvalue weighted by Gasteiger charge is -2.38. The van der Waals surface area contributed by atoms with Gasteiger partial charge in [-0.25, -0.2) is 4.79 Å². The van der Waals surface area contributed by atoms with Gasteiger partial charge in [0.15, 0.2) is 0 Å². The molecule has 2 saturated heterocycles. The summed E-state index contributed by atoms with van der Waals surface area (Å²) in [6.45, 7) is 13.2. The van der Waals surface area contributed by atoms with Crippen LogP contribution < -0.4 is 15.8 Å². The minimum Gasteiger partial charge on any atom is -0.493 e. The average Bonchev–Trinajstić information content (AvgIpc) is 2.82. The SMILES string of the molecule is CCCOc1cc(N)c(Cl)cc1C(=O)NCC1CN(CC2CCN(C(=O)OC(C)(C)C)CC2)CCO1. The van der Waals surface area contributed by atoms with Gasteiger partial charge in [-0.15, -0.1) is 0 Å². The molecule has 9 nitrogen and oxygen atoms in total.